The molecule has 8 heteroatoms. The summed E-state index contributed by atoms with van der Waals surface area (Å²) in [4.78, 5) is 23.9. The molecule has 0 spiro atoms. The molecule has 1 aliphatic rings. The third-order valence-corrected chi connectivity index (χ3v) is 4.51. The van der Waals surface area contributed by atoms with E-state index in [0.29, 0.717) is 18.7 Å². The van der Waals surface area contributed by atoms with E-state index in [-0.39, 0.29) is 24.5 Å². The maximum absolute atomic E-state index is 11.7. The minimum absolute atomic E-state index is 0.0544. The summed E-state index contributed by atoms with van der Waals surface area (Å²) in [6, 6.07) is -0.825. The number of hydrogen-bond donors (Lipinski definition) is 1. The van der Waals surface area contributed by atoms with Gasteiger partial charge in [0.1, 0.15) is 6.04 Å². The van der Waals surface area contributed by atoms with E-state index in [1.165, 1.54) is 7.05 Å². The number of carbonyl (C=O) groups is 2. The molecule has 0 aromatic carbocycles. The Balaban J connectivity index is 2.56. The Morgan fingerprint density at radius 2 is 2.06 bits per heavy atom. The van der Waals surface area contributed by atoms with Crippen LogP contribution in [0.5, 0.6) is 0 Å². The van der Waals surface area contributed by atoms with Gasteiger partial charge in [-0.1, -0.05) is 0 Å². The summed E-state index contributed by atoms with van der Waals surface area (Å²) in [6.07, 6.45) is 1.46. The highest BCUT2D eigenvalue weighted by molar-refractivity contribution is 7.89. The van der Waals surface area contributed by atoms with Crippen molar-refractivity contribution in [1.82, 2.24) is 9.62 Å². The summed E-state index contributed by atoms with van der Waals surface area (Å²) in [5.41, 5.74) is 0. The van der Waals surface area contributed by atoms with Crippen LogP contribution in [0.1, 0.15) is 25.7 Å². The first-order chi connectivity index (χ1) is 8.37. The molecular weight excluding hydrogens is 280 g/mol. The van der Waals surface area contributed by atoms with Crippen molar-refractivity contribution in [2.24, 2.45) is 0 Å². The van der Waals surface area contributed by atoms with Crippen LogP contribution >= 0.6 is 11.6 Å². The van der Waals surface area contributed by atoms with E-state index in [0.717, 1.165) is 4.90 Å². The van der Waals surface area contributed by atoms with E-state index in [9.17, 15) is 18.0 Å². The monoisotopic (exact) mass is 296 g/mol. The first-order valence-corrected chi connectivity index (χ1v) is 7.92. The summed E-state index contributed by atoms with van der Waals surface area (Å²) >= 11 is 5.47. The zero-order valence-corrected chi connectivity index (χ0v) is 11.8. The normalized spacial score (nSPS) is 21.4. The molecule has 104 valence electrons. The van der Waals surface area contributed by atoms with Crippen LogP contribution in [0.4, 0.5) is 0 Å². The smallest absolute Gasteiger partial charge is 0.247 e. The van der Waals surface area contributed by atoms with Gasteiger partial charge >= 0.3 is 0 Å². The van der Waals surface area contributed by atoms with Crippen molar-refractivity contribution in [3.63, 3.8) is 0 Å². The van der Waals surface area contributed by atoms with E-state index in [1.54, 1.807) is 0 Å². The van der Waals surface area contributed by atoms with E-state index in [4.69, 9.17) is 11.6 Å². The van der Waals surface area contributed by atoms with Gasteiger partial charge in [-0.05, 0) is 19.3 Å². The highest BCUT2D eigenvalue weighted by Crippen LogP contribution is 2.12. The van der Waals surface area contributed by atoms with Crippen LogP contribution in [-0.4, -0.2) is 49.9 Å². The zero-order chi connectivity index (χ0) is 13.8. The molecule has 1 saturated heterocycles. The summed E-state index contributed by atoms with van der Waals surface area (Å²) in [6.45, 7) is 0. The van der Waals surface area contributed by atoms with Gasteiger partial charge < -0.3 is 0 Å². The van der Waals surface area contributed by atoms with E-state index in [2.05, 4.69) is 4.72 Å². The highest BCUT2D eigenvalue weighted by atomic mass is 35.5. The maximum Gasteiger partial charge on any atom is 0.247 e. The van der Waals surface area contributed by atoms with Gasteiger partial charge in [0.25, 0.3) is 0 Å². The minimum atomic E-state index is -3.49. The van der Waals surface area contributed by atoms with Gasteiger partial charge in [0, 0.05) is 19.3 Å². The first kappa shape index (κ1) is 15.4. The molecule has 1 N–H and O–H groups in total. The molecule has 0 aromatic rings. The second kappa shape index (κ2) is 6.49. The number of unbranched alkanes of at least 4 members (excludes halogenated alkanes) is 1. The van der Waals surface area contributed by atoms with Crippen molar-refractivity contribution in [3.8, 4) is 0 Å². The standard InChI is InChI=1S/C10H17ClN2O4S/c1-13-9(14)5-4-8(10(13)15)12-18(16,17)7-3-2-6-11/h8,12H,2-7H2,1H3. The molecule has 0 bridgehead atoms. The predicted molar refractivity (Wildman–Crippen MR) is 67.7 cm³/mol. The number of imide groups is 1. The summed E-state index contributed by atoms with van der Waals surface area (Å²) in [7, 11) is -2.13. The predicted octanol–water partition coefficient (Wildman–Crippen LogP) is 0.0722. The summed E-state index contributed by atoms with van der Waals surface area (Å²) in [5, 5.41) is 0. The van der Waals surface area contributed by atoms with Crippen LogP contribution in [0.25, 0.3) is 0 Å². The maximum atomic E-state index is 11.7. The van der Waals surface area contributed by atoms with Gasteiger partial charge in [-0.2, -0.15) is 0 Å². The number of nitrogens with zero attached hydrogens (tertiary/aromatic N) is 1. The largest absolute Gasteiger partial charge is 0.284 e. The molecule has 1 atom stereocenters. The fraction of sp³-hybridized carbons (Fsp3) is 0.800. The van der Waals surface area contributed by atoms with Gasteiger partial charge in [0.15, 0.2) is 0 Å². The number of sulfonamides is 1. The van der Waals surface area contributed by atoms with Crippen molar-refractivity contribution in [3.05, 3.63) is 0 Å². The van der Waals surface area contributed by atoms with Crippen LogP contribution in [0.15, 0.2) is 0 Å². The topological polar surface area (TPSA) is 83.6 Å². The Morgan fingerprint density at radius 1 is 1.39 bits per heavy atom. The number of halogens is 1. The summed E-state index contributed by atoms with van der Waals surface area (Å²) in [5.74, 6) is -0.416. The van der Waals surface area contributed by atoms with E-state index < -0.39 is 22.0 Å². The van der Waals surface area contributed by atoms with Crippen LogP contribution in [0, 0.1) is 0 Å². The molecule has 1 rings (SSSR count). The number of likely N-dealkylation sites (N-methyl/N-ethyl adjacent to an activating group) is 1. The lowest BCUT2D eigenvalue weighted by atomic mass is 10.1. The lowest BCUT2D eigenvalue weighted by molar-refractivity contribution is -0.147. The molecule has 18 heavy (non-hydrogen) atoms. The molecule has 6 nitrogen and oxygen atoms in total. The van der Waals surface area contributed by atoms with Crippen LogP contribution in [0.3, 0.4) is 0 Å². The van der Waals surface area contributed by atoms with Gasteiger partial charge in [-0.25, -0.2) is 13.1 Å². The SMILES string of the molecule is CN1C(=O)CCC(NS(=O)(=O)CCCCCl)C1=O. The summed E-state index contributed by atoms with van der Waals surface area (Å²) < 4.78 is 25.7. The Labute approximate surface area is 112 Å². The van der Waals surface area contributed by atoms with Crippen LogP contribution < -0.4 is 4.72 Å². The molecule has 0 aliphatic carbocycles. The van der Waals surface area contributed by atoms with Gasteiger partial charge in [0.2, 0.25) is 21.8 Å². The molecule has 0 aromatic heterocycles. The fourth-order valence-corrected chi connectivity index (χ4v) is 3.23. The fourth-order valence-electron chi connectivity index (χ4n) is 1.69. The lowest BCUT2D eigenvalue weighted by Gasteiger charge is -2.27. The molecule has 1 unspecified atom stereocenters. The van der Waals surface area contributed by atoms with Crippen molar-refractivity contribution in [2.45, 2.75) is 31.7 Å². The molecule has 1 heterocycles. The lowest BCUT2D eigenvalue weighted by Crippen LogP contribution is -2.53. The minimum Gasteiger partial charge on any atom is -0.284 e. The van der Waals surface area contributed by atoms with E-state index >= 15 is 0 Å². The van der Waals surface area contributed by atoms with Gasteiger partial charge in [-0.3, -0.25) is 14.5 Å². The van der Waals surface area contributed by atoms with E-state index in [1.807, 2.05) is 0 Å². The molecular formula is C10H17ClN2O4S. The second-order valence-corrected chi connectivity index (χ2v) is 6.47. The molecule has 1 fully saturated rings. The number of piperidine rings is 1. The molecule has 1 aliphatic heterocycles. The highest BCUT2D eigenvalue weighted by Gasteiger charge is 2.33. The van der Waals surface area contributed by atoms with Crippen molar-refractivity contribution >= 4 is 33.4 Å². The second-order valence-electron chi connectivity index (χ2n) is 4.22. The van der Waals surface area contributed by atoms with Gasteiger partial charge in [0.05, 0.1) is 5.75 Å². The third-order valence-electron chi connectivity index (χ3n) is 2.77. The zero-order valence-electron chi connectivity index (χ0n) is 10.2. The molecule has 0 saturated carbocycles. The Bertz CT molecular complexity index is 424. The van der Waals surface area contributed by atoms with Crippen molar-refractivity contribution < 1.29 is 18.0 Å². The average Bonchev–Trinajstić information content (AvgIpc) is 2.30. The molecule has 0 radical (unpaired) electrons. The Kier molecular flexibility index (Phi) is 5.55. The number of likely N-dealkylation sites (tertiary alicyclic amines) is 1. The van der Waals surface area contributed by atoms with Crippen molar-refractivity contribution in [2.75, 3.05) is 18.7 Å². The number of rotatable bonds is 6. The molecule has 2 amide bonds. The number of nitrogens with one attached hydrogen (secondary N) is 1. The number of carbonyl (C=O) groups excluding carboxylic acids is 2. The van der Waals surface area contributed by atoms with Crippen molar-refractivity contribution in [1.29, 1.82) is 0 Å². The third kappa shape index (κ3) is 4.22. The van der Waals surface area contributed by atoms with Crippen LogP contribution in [0.2, 0.25) is 0 Å². The van der Waals surface area contributed by atoms with Gasteiger partial charge in [-0.15, -0.1) is 11.6 Å². The Morgan fingerprint density at radius 3 is 2.67 bits per heavy atom. The number of amides is 2. The Hall–Kier alpha value is -0.660. The first-order valence-electron chi connectivity index (χ1n) is 5.74. The van der Waals surface area contributed by atoms with Crippen LogP contribution in [-0.2, 0) is 19.6 Å². The quantitative estimate of drug-likeness (QED) is 0.427. The average molecular weight is 297 g/mol. The number of alkyl halides is 1. The number of hydrogen-bond acceptors (Lipinski definition) is 4.